The topological polar surface area (TPSA) is 37.4 Å². The van der Waals surface area contributed by atoms with E-state index in [1.165, 1.54) is 5.56 Å². The molecule has 4 heteroatoms. The molecule has 1 aromatic heterocycles. The number of nitrogens with one attached hydrogen (secondary N) is 1. The monoisotopic (exact) mass is 207 g/mol. The molecule has 0 spiro atoms. The maximum Gasteiger partial charge on any atom is 0.141 e. The molecule has 1 saturated heterocycles. The van der Waals surface area contributed by atoms with Gasteiger partial charge in [-0.3, -0.25) is 9.88 Å². The average Bonchev–Trinajstić information content (AvgIpc) is 2.31. The summed E-state index contributed by atoms with van der Waals surface area (Å²) in [4.78, 5) is 6.48. The lowest BCUT2D eigenvalue weighted by Gasteiger charge is -2.27. The molecular weight excluding hydrogens is 190 g/mol. The summed E-state index contributed by atoms with van der Waals surface area (Å²) in [6.45, 7) is 5.31. The van der Waals surface area contributed by atoms with Crippen LogP contribution in [-0.2, 0) is 6.54 Å². The normalized spacial score (nSPS) is 17.7. The molecule has 0 bridgehead atoms. The fourth-order valence-electron chi connectivity index (χ4n) is 1.83. The van der Waals surface area contributed by atoms with Gasteiger partial charge in [0.15, 0.2) is 0 Å². The molecule has 1 fully saturated rings. The maximum absolute atomic E-state index is 5.28. The zero-order chi connectivity index (χ0) is 10.5. The zero-order valence-corrected chi connectivity index (χ0v) is 9.07. The van der Waals surface area contributed by atoms with Crippen molar-refractivity contribution in [2.24, 2.45) is 0 Å². The number of pyridine rings is 1. The Morgan fingerprint density at radius 3 is 3.00 bits per heavy atom. The SMILES string of the molecule is COc1cnccc1CN1CCNCC1. The smallest absolute Gasteiger partial charge is 0.141 e. The number of hydrogen-bond donors (Lipinski definition) is 1. The number of methoxy groups -OCH3 is 1. The van der Waals surface area contributed by atoms with E-state index < -0.39 is 0 Å². The fraction of sp³-hybridized carbons (Fsp3) is 0.545. The molecule has 1 aliphatic rings. The second-order valence-corrected chi connectivity index (χ2v) is 3.71. The van der Waals surface area contributed by atoms with Crippen molar-refractivity contribution in [2.45, 2.75) is 6.54 Å². The highest BCUT2D eigenvalue weighted by Gasteiger charge is 2.12. The molecule has 0 amide bonds. The first-order valence-corrected chi connectivity index (χ1v) is 5.30. The highest BCUT2D eigenvalue weighted by molar-refractivity contribution is 5.29. The quantitative estimate of drug-likeness (QED) is 0.783. The fourth-order valence-corrected chi connectivity index (χ4v) is 1.83. The Hall–Kier alpha value is -1.13. The number of piperazine rings is 1. The molecule has 82 valence electrons. The third kappa shape index (κ3) is 2.67. The van der Waals surface area contributed by atoms with Crippen molar-refractivity contribution in [3.8, 4) is 5.75 Å². The van der Waals surface area contributed by atoms with E-state index in [1.54, 1.807) is 13.3 Å². The van der Waals surface area contributed by atoms with Crippen LogP contribution < -0.4 is 10.1 Å². The van der Waals surface area contributed by atoms with Crippen LogP contribution in [0.3, 0.4) is 0 Å². The number of nitrogens with zero attached hydrogens (tertiary/aromatic N) is 2. The van der Waals surface area contributed by atoms with Gasteiger partial charge in [-0.2, -0.15) is 0 Å². The summed E-state index contributed by atoms with van der Waals surface area (Å²) in [6.07, 6.45) is 3.59. The summed E-state index contributed by atoms with van der Waals surface area (Å²) in [5, 5.41) is 3.34. The Labute approximate surface area is 90.3 Å². The van der Waals surface area contributed by atoms with Gasteiger partial charge in [0.25, 0.3) is 0 Å². The number of aromatic nitrogens is 1. The summed E-state index contributed by atoms with van der Waals surface area (Å²) in [5.74, 6) is 0.885. The first-order chi connectivity index (χ1) is 7.40. The van der Waals surface area contributed by atoms with E-state index in [0.29, 0.717) is 0 Å². The van der Waals surface area contributed by atoms with E-state index in [2.05, 4.69) is 15.2 Å². The van der Waals surface area contributed by atoms with Crippen LogP contribution in [0.15, 0.2) is 18.5 Å². The molecule has 0 unspecified atom stereocenters. The third-order valence-electron chi connectivity index (χ3n) is 2.69. The molecule has 1 N–H and O–H groups in total. The van der Waals surface area contributed by atoms with Crippen LogP contribution in [0.4, 0.5) is 0 Å². The first-order valence-electron chi connectivity index (χ1n) is 5.30. The number of ether oxygens (including phenoxy) is 1. The lowest BCUT2D eigenvalue weighted by atomic mass is 10.2. The minimum atomic E-state index is 0.885. The first kappa shape index (κ1) is 10.4. The van der Waals surface area contributed by atoms with Gasteiger partial charge >= 0.3 is 0 Å². The van der Waals surface area contributed by atoms with Crippen LogP contribution in [0.5, 0.6) is 5.75 Å². The van der Waals surface area contributed by atoms with Gasteiger partial charge in [-0.05, 0) is 6.07 Å². The summed E-state index contributed by atoms with van der Waals surface area (Å²) < 4.78 is 5.28. The highest BCUT2D eigenvalue weighted by atomic mass is 16.5. The lowest BCUT2D eigenvalue weighted by Crippen LogP contribution is -2.42. The predicted molar refractivity (Wildman–Crippen MR) is 58.9 cm³/mol. The van der Waals surface area contributed by atoms with E-state index in [0.717, 1.165) is 38.5 Å². The molecule has 15 heavy (non-hydrogen) atoms. The van der Waals surface area contributed by atoms with Gasteiger partial charge in [-0.1, -0.05) is 0 Å². The second-order valence-electron chi connectivity index (χ2n) is 3.71. The largest absolute Gasteiger partial charge is 0.495 e. The average molecular weight is 207 g/mol. The van der Waals surface area contributed by atoms with Gasteiger partial charge in [0, 0.05) is 44.5 Å². The van der Waals surface area contributed by atoms with Gasteiger partial charge in [0.2, 0.25) is 0 Å². The van der Waals surface area contributed by atoms with Gasteiger partial charge in [0.05, 0.1) is 13.3 Å². The summed E-state index contributed by atoms with van der Waals surface area (Å²) in [5.41, 5.74) is 1.22. The van der Waals surface area contributed by atoms with Crippen molar-refractivity contribution in [3.63, 3.8) is 0 Å². The van der Waals surface area contributed by atoms with Crippen molar-refractivity contribution in [2.75, 3.05) is 33.3 Å². The van der Waals surface area contributed by atoms with Crippen LogP contribution in [0.1, 0.15) is 5.56 Å². The standard InChI is InChI=1S/C11H17N3O/c1-15-11-8-13-3-2-10(11)9-14-6-4-12-5-7-14/h2-3,8,12H,4-7,9H2,1H3. The lowest BCUT2D eigenvalue weighted by molar-refractivity contribution is 0.230. The van der Waals surface area contributed by atoms with Gasteiger partial charge in [0.1, 0.15) is 5.75 Å². The number of rotatable bonds is 3. The molecule has 1 aliphatic heterocycles. The van der Waals surface area contributed by atoms with Gasteiger partial charge < -0.3 is 10.1 Å². The van der Waals surface area contributed by atoms with E-state index in [4.69, 9.17) is 4.74 Å². The minimum Gasteiger partial charge on any atom is -0.495 e. The van der Waals surface area contributed by atoms with Crippen molar-refractivity contribution in [1.29, 1.82) is 0 Å². The molecule has 1 aromatic rings. The molecule has 0 saturated carbocycles. The van der Waals surface area contributed by atoms with Crippen LogP contribution in [0.2, 0.25) is 0 Å². The highest BCUT2D eigenvalue weighted by Crippen LogP contribution is 2.17. The van der Waals surface area contributed by atoms with E-state index in [1.807, 2.05) is 12.3 Å². The molecule has 0 radical (unpaired) electrons. The van der Waals surface area contributed by atoms with Crippen molar-refractivity contribution in [1.82, 2.24) is 15.2 Å². The van der Waals surface area contributed by atoms with Crippen LogP contribution in [0.25, 0.3) is 0 Å². The van der Waals surface area contributed by atoms with Crippen LogP contribution >= 0.6 is 0 Å². The summed E-state index contributed by atoms with van der Waals surface area (Å²) in [6, 6.07) is 2.03. The summed E-state index contributed by atoms with van der Waals surface area (Å²) >= 11 is 0. The third-order valence-corrected chi connectivity index (χ3v) is 2.69. The van der Waals surface area contributed by atoms with Crippen LogP contribution in [-0.4, -0.2) is 43.2 Å². The van der Waals surface area contributed by atoms with Crippen LogP contribution in [0, 0.1) is 0 Å². The number of hydrogen-bond acceptors (Lipinski definition) is 4. The van der Waals surface area contributed by atoms with Gasteiger partial charge in [-0.25, -0.2) is 0 Å². The Balaban J connectivity index is 2.02. The molecule has 0 aromatic carbocycles. The van der Waals surface area contributed by atoms with Crippen molar-refractivity contribution >= 4 is 0 Å². The maximum atomic E-state index is 5.28. The predicted octanol–water partition coefficient (Wildman–Crippen LogP) is 0.495. The van der Waals surface area contributed by atoms with Gasteiger partial charge in [-0.15, -0.1) is 0 Å². The second kappa shape index (κ2) is 5.09. The Bertz CT molecular complexity index is 310. The van der Waals surface area contributed by atoms with Crippen molar-refractivity contribution in [3.05, 3.63) is 24.0 Å². The molecule has 0 atom stereocenters. The molecule has 4 nitrogen and oxygen atoms in total. The van der Waals surface area contributed by atoms with E-state index in [-0.39, 0.29) is 0 Å². The Morgan fingerprint density at radius 1 is 1.47 bits per heavy atom. The molecule has 0 aliphatic carbocycles. The van der Waals surface area contributed by atoms with Crippen molar-refractivity contribution < 1.29 is 4.74 Å². The zero-order valence-electron chi connectivity index (χ0n) is 9.07. The molecular formula is C11H17N3O. The minimum absolute atomic E-state index is 0.885. The van der Waals surface area contributed by atoms with E-state index >= 15 is 0 Å². The molecule has 2 heterocycles. The Morgan fingerprint density at radius 2 is 2.27 bits per heavy atom. The summed E-state index contributed by atoms with van der Waals surface area (Å²) in [7, 11) is 1.69. The Kier molecular flexibility index (Phi) is 3.53. The molecule has 2 rings (SSSR count). The van der Waals surface area contributed by atoms with E-state index in [9.17, 15) is 0 Å².